The number of carbonyl (C=O) groups is 1. The van der Waals surface area contributed by atoms with Gasteiger partial charge in [-0.25, -0.2) is 13.2 Å². The predicted molar refractivity (Wildman–Crippen MR) is 100 cm³/mol. The first-order valence-electron chi connectivity index (χ1n) is 8.82. The van der Waals surface area contributed by atoms with Crippen LogP contribution in [0.3, 0.4) is 0 Å². The SMILES string of the molecule is CCCCC1=CC=CC(OC(=O)c2ccccc2)(S(=O)(=O)CCC)C1. The Hall–Kier alpha value is -1.88. The molecular weight excluding hydrogens is 336 g/mol. The molecule has 0 heterocycles. The molecule has 5 heteroatoms. The molecule has 0 aromatic heterocycles. The lowest BCUT2D eigenvalue weighted by Crippen LogP contribution is -2.44. The normalized spacial score (nSPS) is 20.2. The number of benzene rings is 1. The highest BCUT2D eigenvalue weighted by molar-refractivity contribution is 7.92. The van der Waals surface area contributed by atoms with E-state index in [2.05, 4.69) is 6.92 Å². The van der Waals surface area contributed by atoms with Gasteiger partial charge in [-0.1, -0.05) is 56.2 Å². The van der Waals surface area contributed by atoms with Gasteiger partial charge in [-0.3, -0.25) is 0 Å². The minimum absolute atomic E-state index is 0.0134. The summed E-state index contributed by atoms with van der Waals surface area (Å²) in [5.74, 6) is -0.623. The highest BCUT2D eigenvalue weighted by atomic mass is 32.2. The van der Waals surface area contributed by atoms with Gasteiger partial charge in [0.25, 0.3) is 0 Å². The molecule has 1 aliphatic carbocycles. The smallest absolute Gasteiger partial charge is 0.339 e. The van der Waals surface area contributed by atoms with Crippen LogP contribution in [0.4, 0.5) is 0 Å². The number of carbonyl (C=O) groups excluding carboxylic acids is 1. The lowest BCUT2D eigenvalue weighted by atomic mass is 9.97. The van der Waals surface area contributed by atoms with E-state index in [0.29, 0.717) is 12.0 Å². The number of ether oxygens (including phenoxy) is 1. The van der Waals surface area contributed by atoms with E-state index in [0.717, 1.165) is 24.8 Å². The third-order valence-corrected chi connectivity index (χ3v) is 6.64. The standard InChI is InChI=1S/C20H26O4S/c1-3-5-10-17-11-9-14-20(16-17,25(22,23)15-4-2)24-19(21)18-12-7-6-8-13-18/h6-9,11-14H,3-5,10,15-16H2,1-2H3. The zero-order valence-corrected chi connectivity index (χ0v) is 15.7. The Balaban J connectivity index is 2.33. The third-order valence-electron chi connectivity index (χ3n) is 4.28. The Labute approximate surface area is 150 Å². The maximum Gasteiger partial charge on any atom is 0.339 e. The van der Waals surface area contributed by atoms with Crippen molar-refractivity contribution < 1.29 is 17.9 Å². The maximum absolute atomic E-state index is 12.9. The maximum atomic E-state index is 12.9. The van der Waals surface area contributed by atoms with Crippen molar-refractivity contribution in [1.29, 1.82) is 0 Å². The Morgan fingerprint density at radius 3 is 2.52 bits per heavy atom. The summed E-state index contributed by atoms with van der Waals surface area (Å²) < 4.78 is 31.5. The highest BCUT2D eigenvalue weighted by Gasteiger charge is 2.46. The van der Waals surface area contributed by atoms with Gasteiger partial charge < -0.3 is 4.74 Å². The van der Waals surface area contributed by atoms with Crippen molar-refractivity contribution in [3.8, 4) is 0 Å². The zero-order valence-electron chi connectivity index (χ0n) is 14.9. The van der Waals surface area contributed by atoms with Crippen LogP contribution in [-0.4, -0.2) is 25.1 Å². The van der Waals surface area contributed by atoms with E-state index in [4.69, 9.17) is 4.74 Å². The van der Waals surface area contributed by atoms with Crippen LogP contribution in [0, 0.1) is 0 Å². The van der Waals surface area contributed by atoms with Crippen LogP contribution in [0.25, 0.3) is 0 Å². The van der Waals surface area contributed by atoms with Crippen molar-refractivity contribution in [3.63, 3.8) is 0 Å². The van der Waals surface area contributed by atoms with E-state index in [-0.39, 0.29) is 12.2 Å². The van der Waals surface area contributed by atoms with Gasteiger partial charge in [0.15, 0.2) is 9.84 Å². The Bertz CT molecular complexity index is 747. The van der Waals surface area contributed by atoms with Gasteiger partial charge in [0.1, 0.15) is 0 Å². The molecule has 0 N–H and O–H groups in total. The summed E-state index contributed by atoms with van der Waals surface area (Å²) in [4.78, 5) is 10.9. The molecule has 1 aromatic carbocycles. The summed E-state index contributed by atoms with van der Waals surface area (Å²) in [6, 6.07) is 8.51. The van der Waals surface area contributed by atoms with Crippen LogP contribution in [0.2, 0.25) is 0 Å². The van der Waals surface area contributed by atoms with E-state index < -0.39 is 20.7 Å². The van der Waals surface area contributed by atoms with Crippen molar-refractivity contribution in [2.24, 2.45) is 0 Å². The fourth-order valence-corrected chi connectivity index (χ4v) is 4.70. The van der Waals surface area contributed by atoms with E-state index >= 15 is 0 Å². The average molecular weight is 362 g/mol. The number of unbranched alkanes of at least 4 members (excludes halogenated alkanes) is 1. The summed E-state index contributed by atoms with van der Waals surface area (Å²) in [6.07, 6.45) is 8.68. The largest absolute Gasteiger partial charge is 0.435 e. The molecule has 0 fully saturated rings. The number of hydrogen-bond acceptors (Lipinski definition) is 4. The van der Waals surface area contributed by atoms with Crippen LogP contribution < -0.4 is 0 Å². The lowest BCUT2D eigenvalue weighted by molar-refractivity contribution is 0.0290. The summed E-state index contributed by atoms with van der Waals surface area (Å²) in [5, 5.41) is 0. The predicted octanol–water partition coefficient (Wildman–Crippen LogP) is 4.44. The van der Waals surface area contributed by atoms with E-state index in [9.17, 15) is 13.2 Å². The number of sulfone groups is 1. The first-order valence-corrected chi connectivity index (χ1v) is 10.5. The van der Waals surface area contributed by atoms with Gasteiger partial charge in [0, 0.05) is 6.42 Å². The van der Waals surface area contributed by atoms with Crippen molar-refractivity contribution in [3.05, 3.63) is 59.7 Å². The molecule has 2 rings (SSSR count). The second-order valence-electron chi connectivity index (χ2n) is 6.35. The van der Waals surface area contributed by atoms with Gasteiger partial charge in [-0.15, -0.1) is 0 Å². The first-order chi connectivity index (χ1) is 11.9. The minimum atomic E-state index is -3.63. The van der Waals surface area contributed by atoms with Gasteiger partial charge in [0.2, 0.25) is 4.93 Å². The summed E-state index contributed by atoms with van der Waals surface area (Å²) in [7, 11) is -3.63. The van der Waals surface area contributed by atoms with E-state index in [1.54, 1.807) is 36.4 Å². The zero-order chi connectivity index (χ0) is 18.3. The van der Waals surface area contributed by atoms with Gasteiger partial charge in [-0.05, 0) is 37.5 Å². The lowest BCUT2D eigenvalue weighted by Gasteiger charge is -2.33. The molecule has 1 aromatic rings. The molecule has 136 valence electrons. The van der Waals surface area contributed by atoms with Crippen LogP contribution >= 0.6 is 0 Å². The molecule has 4 nitrogen and oxygen atoms in total. The molecule has 0 aliphatic heterocycles. The van der Waals surface area contributed by atoms with Crippen LogP contribution in [0.15, 0.2) is 54.1 Å². The van der Waals surface area contributed by atoms with Crippen molar-refractivity contribution in [2.45, 2.75) is 50.9 Å². The van der Waals surface area contributed by atoms with Crippen LogP contribution in [-0.2, 0) is 14.6 Å². The van der Waals surface area contributed by atoms with E-state index in [1.165, 1.54) is 6.08 Å². The molecule has 25 heavy (non-hydrogen) atoms. The fourth-order valence-electron chi connectivity index (χ4n) is 2.92. The summed E-state index contributed by atoms with van der Waals surface area (Å²) in [6.45, 7) is 3.90. The fraction of sp³-hybridized carbons (Fsp3) is 0.450. The number of esters is 1. The molecule has 0 radical (unpaired) electrons. The number of hydrogen-bond donors (Lipinski definition) is 0. The number of rotatable bonds is 8. The minimum Gasteiger partial charge on any atom is -0.435 e. The van der Waals surface area contributed by atoms with Gasteiger partial charge >= 0.3 is 5.97 Å². The van der Waals surface area contributed by atoms with Gasteiger partial charge in [0.05, 0.1) is 11.3 Å². The molecule has 0 amide bonds. The molecule has 0 saturated heterocycles. The number of allylic oxidation sites excluding steroid dienone is 2. The Morgan fingerprint density at radius 1 is 1.16 bits per heavy atom. The van der Waals surface area contributed by atoms with Crippen molar-refractivity contribution in [2.75, 3.05) is 5.75 Å². The second-order valence-corrected chi connectivity index (χ2v) is 8.68. The Morgan fingerprint density at radius 2 is 1.88 bits per heavy atom. The quantitative estimate of drug-likeness (QED) is 0.641. The van der Waals surface area contributed by atoms with Crippen LogP contribution in [0.5, 0.6) is 0 Å². The molecular formula is C20H26O4S. The molecule has 0 spiro atoms. The average Bonchev–Trinajstić information content (AvgIpc) is 2.61. The molecule has 1 aliphatic rings. The van der Waals surface area contributed by atoms with E-state index in [1.807, 2.05) is 13.0 Å². The molecule has 0 saturated carbocycles. The first kappa shape index (κ1) is 19.4. The molecule has 1 unspecified atom stereocenters. The second kappa shape index (κ2) is 8.48. The molecule has 0 bridgehead atoms. The third kappa shape index (κ3) is 4.60. The summed E-state index contributed by atoms with van der Waals surface area (Å²) in [5.41, 5.74) is 1.36. The monoisotopic (exact) mass is 362 g/mol. The van der Waals surface area contributed by atoms with Gasteiger partial charge in [-0.2, -0.15) is 0 Å². The molecule has 1 atom stereocenters. The highest BCUT2D eigenvalue weighted by Crippen LogP contribution is 2.36. The summed E-state index contributed by atoms with van der Waals surface area (Å²) >= 11 is 0. The topological polar surface area (TPSA) is 60.4 Å². The van der Waals surface area contributed by atoms with Crippen LogP contribution in [0.1, 0.15) is 56.3 Å². The van der Waals surface area contributed by atoms with Crippen molar-refractivity contribution in [1.82, 2.24) is 0 Å². The van der Waals surface area contributed by atoms with Crippen molar-refractivity contribution >= 4 is 15.8 Å². The Kier molecular flexibility index (Phi) is 6.59.